The van der Waals surface area contributed by atoms with E-state index in [1.165, 1.54) is 29.2 Å². The second-order valence-electron chi connectivity index (χ2n) is 11.1. The van der Waals surface area contributed by atoms with Crippen LogP contribution in [-0.2, 0) is 23.1 Å². The number of pyridine rings is 2. The molecule has 2 bridgehead atoms. The zero-order valence-corrected chi connectivity index (χ0v) is 24.0. The first-order valence-corrected chi connectivity index (χ1v) is 15.5. The van der Waals surface area contributed by atoms with Crippen molar-refractivity contribution in [3.63, 3.8) is 0 Å². The molecule has 3 aliphatic rings. The molecule has 1 fully saturated rings. The Morgan fingerprint density at radius 2 is 1.67 bits per heavy atom. The van der Waals surface area contributed by atoms with Crippen LogP contribution in [0.5, 0.6) is 11.5 Å². The van der Waals surface area contributed by atoms with Gasteiger partial charge in [-0.15, -0.1) is 0 Å². The molecule has 11 heteroatoms. The largest absolute Gasteiger partial charge is 0.493 e. The summed E-state index contributed by atoms with van der Waals surface area (Å²) in [6.07, 6.45) is 0.827. The lowest BCUT2D eigenvalue weighted by molar-refractivity contribution is 0.104. The number of nitrogens with zero attached hydrogens (tertiary/aromatic N) is 3. The van der Waals surface area contributed by atoms with Crippen molar-refractivity contribution in [2.45, 2.75) is 25.4 Å². The predicted molar refractivity (Wildman–Crippen MR) is 157 cm³/mol. The third-order valence-corrected chi connectivity index (χ3v) is 10.6. The molecule has 42 heavy (non-hydrogen) atoms. The monoisotopic (exact) mass is 587 g/mol. The Hall–Kier alpha value is -4.22. The molecule has 0 amide bonds. The predicted octanol–water partition coefficient (Wildman–Crippen LogP) is 2.84. The van der Waals surface area contributed by atoms with Crippen molar-refractivity contribution >= 4 is 26.6 Å². The van der Waals surface area contributed by atoms with E-state index in [9.17, 15) is 22.8 Å². The fourth-order valence-corrected chi connectivity index (χ4v) is 8.52. The Kier molecular flexibility index (Phi) is 6.14. The number of methoxy groups -OCH3 is 2. The van der Waals surface area contributed by atoms with Gasteiger partial charge in [-0.25, -0.2) is 12.7 Å². The van der Waals surface area contributed by atoms with Crippen molar-refractivity contribution in [1.29, 1.82) is 0 Å². The molecule has 7 rings (SSSR count). The molecular weight excluding hydrogens is 558 g/mol. The Balaban J connectivity index is 1.31. The Morgan fingerprint density at radius 1 is 0.881 bits per heavy atom. The second-order valence-corrected chi connectivity index (χ2v) is 13.2. The van der Waals surface area contributed by atoms with E-state index in [0.29, 0.717) is 46.6 Å². The van der Waals surface area contributed by atoms with E-state index in [4.69, 9.17) is 9.47 Å². The molecule has 2 atom stereocenters. The summed E-state index contributed by atoms with van der Waals surface area (Å²) in [5, 5.41) is 0.606. The zero-order valence-electron chi connectivity index (χ0n) is 23.2. The SMILES string of the molecule is COc1ccc2c3c(n(CCS(=O)(=O)N4C[C@H]5C[C@@H](C4)c4cccc(=O)n4C5)c(=O)c2c1OC)-c1ccccc1C3=O. The summed E-state index contributed by atoms with van der Waals surface area (Å²) in [5.41, 5.74) is 2.16. The zero-order chi connectivity index (χ0) is 29.3. The van der Waals surface area contributed by atoms with Crippen LogP contribution in [0, 0.1) is 5.92 Å². The van der Waals surface area contributed by atoms with Gasteiger partial charge in [0.05, 0.1) is 36.6 Å². The topological polar surface area (TPSA) is 117 Å². The van der Waals surface area contributed by atoms with Crippen LogP contribution in [0.4, 0.5) is 0 Å². The number of fused-ring (bicyclic) bond motifs is 9. The quantitative estimate of drug-likeness (QED) is 0.300. The van der Waals surface area contributed by atoms with E-state index in [1.807, 2.05) is 6.07 Å². The van der Waals surface area contributed by atoms with Gasteiger partial charge in [-0.2, -0.15) is 0 Å². The number of hydrogen-bond acceptors (Lipinski definition) is 7. The fraction of sp³-hybridized carbons (Fsp3) is 0.323. The number of hydrogen-bond donors (Lipinski definition) is 0. The van der Waals surface area contributed by atoms with Gasteiger partial charge < -0.3 is 18.6 Å². The molecule has 216 valence electrons. The molecule has 4 aromatic rings. The van der Waals surface area contributed by atoms with Crippen LogP contribution in [0.25, 0.3) is 22.0 Å². The number of piperidine rings is 1. The summed E-state index contributed by atoms with van der Waals surface area (Å²) in [4.78, 5) is 40.2. The van der Waals surface area contributed by atoms with Crippen LogP contribution >= 0.6 is 0 Å². The van der Waals surface area contributed by atoms with E-state index in [2.05, 4.69) is 0 Å². The van der Waals surface area contributed by atoms with Gasteiger partial charge in [0.15, 0.2) is 17.3 Å². The maximum atomic E-state index is 14.1. The van der Waals surface area contributed by atoms with Crippen molar-refractivity contribution in [2.24, 2.45) is 5.92 Å². The van der Waals surface area contributed by atoms with Gasteiger partial charge in [-0.3, -0.25) is 14.4 Å². The van der Waals surface area contributed by atoms with Crippen LogP contribution in [0.15, 0.2) is 64.2 Å². The maximum absolute atomic E-state index is 14.1. The molecular formula is C31H29N3O7S. The average Bonchev–Trinajstić information content (AvgIpc) is 3.29. The third kappa shape index (κ3) is 3.87. The summed E-state index contributed by atoms with van der Waals surface area (Å²) < 4.78 is 43.3. The van der Waals surface area contributed by atoms with Gasteiger partial charge in [-0.05, 0) is 30.5 Å². The summed E-state index contributed by atoms with van der Waals surface area (Å²) >= 11 is 0. The minimum absolute atomic E-state index is 0.0278. The van der Waals surface area contributed by atoms with Gasteiger partial charge >= 0.3 is 0 Å². The lowest BCUT2D eigenvalue weighted by atomic mass is 9.84. The van der Waals surface area contributed by atoms with Crippen LogP contribution in [0.3, 0.4) is 0 Å². The standard InChI is InChI=1S/C31H29N3O7S/c1-40-24-11-10-22-26-28(20-6-3-4-7-21(20)29(26)36)33(31(37)27(22)30(24)41-2)12-13-42(38,39)32-15-18-14-19(17-32)23-8-5-9-25(35)34(23)16-18/h3-11,18-19H,12-17H2,1-2H3/t18-,19+/m1/s1. The molecule has 0 unspecified atom stereocenters. The molecule has 2 aromatic carbocycles. The number of ether oxygens (including phenoxy) is 2. The molecule has 2 aliphatic heterocycles. The highest BCUT2D eigenvalue weighted by atomic mass is 32.2. The Bertz CT molecular complexity index is 2030. The van der Waals surface area contributed by atoms with E-state index in [1.54, 1.807) is 47.0 Å². The number of benzene rings is 2. The molecule has 10 nitrogen and oxygen atoms in total. The minimum Gasteiger partial charge on any atom is -0.493 e. The first-order valence-electron chi connectivity index (χ1n) is 13.9. The molecule has 1 saturated heterocycles. The van der Waals surface area contributed by atoms with Crippen molar-refractivity contribution < 1.29 is 22.7 Å². The van der Waals surface area contributed by atoms with Crippen molar-refractivity contribution in [3.8, 4) is 22.8 Å². The second kappa shape index (κ2) is 9.67. The van der Waals surface area contributed by atoms with Gasteiger partial charge in [-0.1, -0.05) is 30.3 Å². The van der Waals surface area contributed by atoms with Crippen molar-refractivity contribution in [1.82, 2.24) is 13.4 Å². The van der Waals surface area contributed by atoms with Crippen molar-refractivity contribution in [3.05, 3.63) is 92.1 Å². The van der Waals surface area contributed by atoms with Crippen LogP contribution in [0.1, 0.15) is 34.0 Å². The van der Waals surface area contributed by atoms with Crippen molar-refractivity contribution in [2.75, 3.05) is 33.1 Å². The third-order valence-electron chi connectivity index (χ3n) is 8.85. The first-order chi connectivity index (χ1) is 20.2. The Labute approximate surface area is 241 Å². The highest BCUT2D eigenvalue weighted by Gasteiger charge is 2.39. The van der Waals surface area contributed by atoms with Crippen LogP contribution in [-0.4, -0.2) is 60.7 Å². The molecule has 4 heterocycles. The molecule has 2 aromatic heterocycles. The molecule has 0 saturated carbocycles. The average molecular weight is 588 g/mol. The lowest BCUT2D eigenvalue weighted by Gasteiger charge is -2.42. The number of carbonyl (C=O) groups excluding carboxylic acids is 1. The molecule has 0 spiro atoms. The van der Waals surface area contributed by atoms with Gasteiger partial charge in [0, 0.05) is 60.4 Å². The highest BCUT2D eigenvalue weighted by molar-refractivity contribution is 7.89. The summed E-state index contributed by atoms with van der Waals surface area (Å²) in [6.45, 7) is 0.926. The Morgan fingerprint density at radius 3 is 2.43 bits per heavy atom. The lowest BCUT2D eigenvalue weighted by Crippen LogP contribution is -2.50. The number of carbonyl (C=O) groups is 1. The summed E-state index contributed by atoms with van der Waals surface area (Å²) in [6, 6.07) is 15.5. The van der Waals surface area contributed by atoms with Crippen LogP contribution < -0.4 is 20.6 Å². The highest BCUT2D eigenvalue weighted by Crippen LogP contribution is 2.43. The summed E-state index contributed by atoms with van der Waals surface area (Å²) in [7, 11) is -0.908. The minimum atomic E-state index is -3.80. The fourth-order valence-electron chi connectivity index (χ4n) is 7.01. The van der Waals surface area contributed by atoms with Gasteiger partial charge in [0.25, 0.3) is 11.1 Å². The van der Waals surface area contributed by atoms with E-state index >= 15 is 0 Å². The number of sulfonamides is 1. The smallest absolute Gasteiger partial charge is 0.262 e. The molecule has 0 N–H and O–H groups in total. The number of rotatable bonds is 6. The molecule has 0 radical (unpaired) electrons. The maximum Gasteiger partial charge on any atom is 0.262 e. The van der Waals surface area contributed by atoms with Gasteiger partial charge in [0.2, 0.25) is 10.0 Å². The molecule has 1 aliphatic carbocycles. The van der Waals surface area contributed by atoms with Crippen LogP contribution in [0.2, 0.25) is 0 Å². The summed E-state index contributed by atoms with van der Waals surface area (Å²) in [5.74, 6) is -0.0688. The van der Waals surface area contributed by atoms with E-state index in [0.717, 1.165) is 12.1 Å². The van der Waals surface area contributed by atoms with Gasteiger partial charge in [0.1, 0.15) is 0 Å². The van der Waals surface area contributed by atoms with E-state index in [-0.39, 0.29) is 53.2 Å². The first kappa shape index (κ1) is 26.7. The number of aromatic nitrogens is 2. The number of ketones is 1. The normalized spacial score (nSPS) is 19.3. The van der Waals surface area contributed by atoms with E-state index < -0.39 is 15.6 Å².